The maximum atomic E-state index is 4.13. The van der Waals surface area contributed by atoms with Gasteiger partial charge in [0.25, 0.3) is 0 Å². The maximum Gasteiger partial charge on any atom is 0.147 e. The third-order valence-corrected chi connectivity index (χ3v) is 3.10. The second kappa shape index (κ2) is 4.72. The first-order valence-electron chi connectivity index (χ1n) is 5.60. The summed E-state index contributed by atoms with van der Waals surface area (Å²) in [6, 6.07) is 0.612. The fourth-order valence-corrected chi connectivity index (χ4v) is 2.16. The van der Waals surface area contributed by atoms with Crippen molar-refractivity contribution in [3.05, 3.63) is 12.2 Å². The maximum absolute atomic E-state index is 4.13. The molecule has 0 saturated heterocycles. The number of hydrogen-bond acceptors (Lipinski definition) is 4. The molecule has 5 nitrogen and oxygen atoms in total. The van der Waals surface area contributed by atoms with Gasteiger partial charge in [0.05, 0.1) is 6.54 Å². The van der Waals surface area contributed by atoms with Crippen LogP contribution in [0, 0.1) is 0 Å². The Morgan fingerprint density at radius 2 is 2.40 bits per heavy atom. The molecule has 1 aromatic heterocycles. The Morgan fingerprint density at radius 3 is 3.13 bits per heavy atom. The van der Waals surface area contributed by atoms with Crippen molar-refractivity contribution in [2.45, 2.75) is 32.5 Å². The van der Waals surface area contributed by atoms with E-state index in [1.807, 2.05) is 13.4 Å². The van der Waals surface area contributed by atoms with Crippen molar-refractivity contribution >= 4 is 0 Å². The molecule has 1 aromatic rings. The lowest BCUT2D eigenvalue weighted by Gasteiger charge is -2.33. The summed E-state index contributed by atoms with van der Waals surface area (Å²) in [6.45, 7) is 6.33. The third-order valence-electron chi connectivity index (χ3n) is 3.10. The smallest absolute Gasteiger partial charge is 0.147 e. The van der Waals surface area contributed by atoms with E-state index in [2.05, 4.69) is 31.9 Å². The van der Waals surface area contributed by atoms with Gasteiger partial charge in [-0.05, 0) is 13.5 Å². The van der Waals surface area contributed by atoms with Crippen molar-refractivity contribution in [3.8, 4) is 0 Å². The van der Waals surface area contributed by atoms with E-state index in [-0.39, 0.29) is 0 Å². The number of fused-ring (bicyclic) bond motifs is 1. The van der Waals surface area contributed by atoms with Crippen LogP contribution in [0.15, 0.2) is 6.33 Å². The molecule has 0 aliphatic carbocycles. The molecule has 0 fully saturated rings. The number of rotatable bonds is 4. The van der Waals surface area contributed by atoms with Crippen LogP contribution < -0.4 is 5.32 Å². The molecule has 1 atom stereocenters. The summed E-state index contributed by atoms with van der Waals surface area (Å²) in [7, 11) is 2.01. The van der Waals surface area contributed by atoms with E-state index >= 15 is 0 Å². The second-order valence-electron chi connectivity index (χ2n) is 4.03. The molecule has 84 valence electrons. The summed E-state index contributed by atoms with van der Waals surface area (Å²) in [5.41, 5.74) is 0. The molecule has 2 rings (SSSR count). The molecule has 1 N–H and O–H groups in total. The molecular formula is C10H19N5. The molecule has 0 bridgehead atoms. The first kappa shape index (κ1) is 10.6. The van der Waals surface area contributed by atoms with Gasteiger partial charge in [0.2, 0.25) is 0 Å². The Morgan fingerprint density at radius 1 is 1.53 bits per heavy atom. The van der Waals surface area contributed by atoms with Gasteiger partial charge in [0.15, 0.2) is 0 Å². The van der Waals surface area contributed by atoms with Crippen molar-refractivity contribution in [1.29, 1.82) is 0 Å². The first-order valence-corrected chi connectivity index (χ1v) is 5.60. The van der Waals surface area contributed by atoms with Crippen molar-refractivity contribution in [2.75, 3.05) is 20.1 Å². The lowest BCUT2D eigenvalue weighted by Crippen LogP contribution is -2.45. The Labute approximate surface area is 90.5 Å². The van der Waals surface area contributed by atoms with E-state index in [9.17, 15) is 0 Å². The van der Waals surface area contributed by atoms with Gasteiger partial charge in [-0.15, -0.1) is 10.2 Å². The van der Waals surface area contributed by atoms with Crippen LogP contribution in [0.5, 0.6) is 0 Å². The minimum atomic E-state index is 0.612. The van der Waals surface area contributed by atoms with Gasteiger partial charge in [-0.25, -0.2) is 0 Å². The molecule has 5 heteroatoms. The normalized spacial score (nSPS) is 18.8. The van der Waals surface area contributed by atoms with Gasteiger partial charge in [-0.3, -0.25) is 4.90 Å². The molecule has 0 spiro atoms. The third kappa shape index (κ3) is 2.18. The largest absolute Gasteiger partial charge is 0.318 e. The number of nitrogens with zero attached hydrogens (tertiary/aromatic N) is 4. The van der Waals surface area contributed by atoms with E-state index < -0.39 is 0 Å². The molecule has 0 radical (unpaired) electrons. The highest BCUT2D eigenvalue weighted by molar-refractivity contribution is 4.91. The average Bonchev–Trinajstić information content (AvgIpc) is 2.72. The molecule has 15 heavy (non-hydrogen) atoms. The van der Waals surface area contributed by atoms with Crippen molar-refractivity contribution in [2.24, 2.45) is 0 Å². The van der Waals surface area contributed by atoms with Gasteiger partial charge >= 0.3 is 0 Å². The van der Waals surface area contributed by atoms with Crippen LogP contribution in [0.25, 0.3) is 0 Å². The van der Waals surface area contributed by atoms with Gasteiger partial charge < -0.3 is 9.88 Å². The minimum Gasteiger partial charge on any atom is -0.318 e. The van der Waals surface area contributed by atoms with Crippen LogP contribution in [0.2, 0.25) is 0 Å². The summed E-state index contributed by atoms with van der Waals surface area (Å²) in [6.07, 6.45) is 3.00. The molecule has 1 unspecified atom stereocenters. The lowest BCUT2D eigenvalue weighted by molar-refractivity contribution is 0.147. The Bertz CT molecular complexity index is 309. The van der Waals surface area contributed by atoms with Crippen LogP contribution in [-0.4, -0.2) is 45.8 Å². The first-order chi connectivity index (χ1) is 7.35. The number of hydrogen-bond donors (Lipinski definition) is 1. The van der Waals surface area contributed by atoms with Gasteiger partial charge in [-0.2, -0.15) is 0 Å². The summed E-state index contributed by atoms with van der Waals surface area (Å²) >= 11 is 0. The van der Waals surface area contributed by atoms with E-state index in [4.69, 9.17) is 0 Å². The zero-order valence-corrected chi connectivity index (χ0v) is 9.48. The topological polar surface area (TPSA) is 46.0 Å². The van der Waals surface area contributed by atoms with Crippen LogP contribution in [-0.2, 0) is 13.1 Å². The number of likely N-dealkylation sites (N-methyl/N-ethyl adjacent to an activating group) is 1. The van der Waals surface area contributed by atoms with Crippen LogP contribution in [0.1, 0.15) is 19.2 Å². The van der Waals surface area contributed by atoms with Gasteiger partial charge in [0, 0.05) is 25.7 Å². The second-order valence-corrected chi connectivity index (χ2v) is 4.03. The van der Waals surface area contributed by atoms with E-state index in [1.165, 1.54) is 6.42 Å². The molecule has 0 amide bonds. The predicted octanol–water partition coefficient (Wildman–Crippen LogP) is 0.0917. The highest BCUT2D eigenvalue weighted by Gasteiger charge is 2.22. The van der Waals surface area contributed by atoms with E-state index in [1.54, 1.807) is 0 Å². The predicted molar refractivity (Wildman–Crippen MR) is 58.4 cm³/mol. The summed E-state index contributed by atoms with van der Waals surface area (Å²) < 4.78 is 2.14. The monoisotopic (exact) mass is 209 g/mol. The zero-order chi connectivity index (χ0) is 10.7. The summed E-state index contributed by atoms with van der Waals surface area (Å²) in [5, 5.41) is 11.3. The molecule has 0 saturated carbocycles. The van der Waals surface area contributed by atoms with E-state index in [0.29, 0.717) is 6.04 Å². The highest BCUT2D eigenvalue weighted by atomic mass is 15.3. The van der Waals surface area contributed by atoms with E-state index in [0.717, 1.165) is 32.0 Å². The Hall–Kier alpha value is -0.940. The van der Waals surface area contributed by atoms with Crippen molar-refractivity contribution in [1.82, 2.24) is 25.0 Å². The summed E-state index contributed by atoms with van der Waals surface area (Å²) in [5.74, 6) is 1.09. The number of aromatic nitrogens is 3. The average molecular weight is 209 g/mol. The molecule has 1 aliphatic rings. The molecule has 0 aromatic carbocycles. The molecule has 2 heterocycles. The van der Waals surface area contributed by atoms with Gasteiger partial charge in [-0.1, -0.05) is 6.92 Å². The highest BCUT2D eigenvalue weighted by Crippen LogP contribution is 2.13. The van der Waals surface area contributed by atoms with Crippen molar-refractivity contribution in [3.63, 3.8) is 0 Å². The SMILES string of the molecule is CCC(CNC)N1CCn2cnnc2C1. The summed E-state index contributed by atoms with van der Waals surface area (Å²) in [4.78, 5) is 2.49. The van der Waals surface area contributed by atoms with Crippen LogP contribution in [0.4, 0.5) is 0 Å². The lowest BCUT2D eigenvalue weighted by atomic mass is 10.1. The standard InChI is InChI=1S/C10H19N5/c1-3-9(6-11-2)14-4-5-15-8-12-13-10(15)7-14/h8-9,11H,3-7H2,1-2H3. The number of nitrogens with one attached hydrogen (secondary N) is 1. The van der Waals surface area contributed by atoms with Crippen LogP contribution >= 0.6 is 0 Å². The van der Waals surface area contributed by atoms with Crippen molar-refractivity contribution < 1.29 is 0 Å². The van der Waals surface area contributed by atoms with Gasteiger partial charge in [0.1, 0.15) is 12.2 Å². The quantitative estimate of drug-likeness (QED) is 0.763. The fraction of sp³-hybridized carbons (Fsp3) is 0.800. The Kier molecular flexibility index (Phi) is 3.33. The minimum absolute atomic E-state index is 0.612. The zero-order valence-electron chi connectivity index (χ0n) is 9.48. The fourth-order valence-electron chi connectivity index (χ4n) is 2.16. The van der Waals surface area contributed by atoms with Crippen LogP contribution in [0.3, 0.4) is 0 Å². The Balaban J connectivity index is 2.01. The molecule has 1 aliphatic heterocycles. The molecular weight excluding hydrogens is 190 g/mol.